The zero-order chi connectivity index (χ0) is 15.0. The highest BCUT2D eigenvalue weighted by molar-refractivity contribution is 5.56. The number of rotatable bonds is 3. The second-order valence-corrected chi connectivity index (χ2v) is 4.53. The minimum Gasteiger partial charge on any atom is -0.493 e. The van der Waals surface area contributed by atoms with E-state index in [0.717, 1.165) is 12.1 Å². The van der Waals surface area contributed by atoms with E-state index in [0.29, 0.717) is 22.8 Å². The smallest absolute Gasteiger partial charge is 0.231 e. The summed E-state index contributed by atoms with van der Waals surface area (Å²) in [5.74, 6) is -0.300. The minimum atomic E-state index is -1.27. The Morgan fingerprint density at radius 2 is 2.00 bits per heavy atom. The van der Waals surface area contributed by atoms with Gasteiger partial charge in [-0.3, -0.25) is 0 Å². The lowest BCUT2D eigenvalue weighted by molar-refractivity contribution is 0.171. The molecule has 0 bridgehead atoms. The summed E-state index contributed by atoms with van der Waals surface area (Å²) in [4.78, 5) is 0. The number of hydrogen-bond acceptors (Lipinski definition) is 4. The third-order valence-electron chi connectivity index (χ3n) is 3.25. The molecule has 0 spiro atoms. The van der Waals surface area contributed by atoms with Gasteiger partial charge < -0.3 is 19.3 Å². The summed E-state index contributed by atoms with van der Waals surface area (Å²) < 4.78 is 42.4. The number of fused-ring (bicyclic) bond motifs is 1. The fourth-order valence-electron chi connectivity index (χ4n) is 2.21. The van der Waals surface area contributed by atoms with Crippen molar-refractivity contribution >= 4 is 0 Å². The summed E-state index contributed by atoms with van der Waals surface area (Å²) in [6, 6.07) is 6.08. The lowest BCUT2D eigenvalue weighted by Crippen LogP contribution is -2.03. The number of aliphatic hydroxyl groups excluding tert-OH is 1. The van der Waals surface area contributed by atoms with Gasteiger partial charge in [0.05, 0.1) is 7.11 Å². The molecule has 0 radical (unpaired) electrons. The van der Waals surface area contributed by atoms with Gasteiger partial charge in [0.1, 0.15) is 17.7 Å². The largest absolute Gasteiger partial charge is 0.493 e. The number of halogens is 2. The fraction of sp³-hybridized carbons (Fsp3) is 0.200. The van der Waals surface area contributed by atoms with Crippen LogP contribution in [0.15, 0.2) is 30.3 Å². The second kappa shape index (κ2) is 5.21. The molecule has 0 fully saturated rings. The highest BCUT2D eigenvalue weighted by Crippen LogP contribution is 2.43. The number of ether oxygens (including phenoxy) is 3. The molecule has 0 amide bonds. The Bertz CT molecular complexity index is 688. The molecule has 3 rings (SSSR count). The maximum atomic E-state index is 13.8. The molecule has 4 nitrogen and oxygen atoms in total. The van der Waals surface area contributed by atoms with Crippen molar-refractivity contribution in [1.29, 1.82) is 0 Å². The van der Waals surface area contributed by atoms with Crippen LogP contribution in [0.4, 0.5) is 8.78 Å². The topological polar surface area (TPSA) is 47.9 Å². The highest BCUT2D eigenvalue weighted by Gasteiger charge is 2.24. The van der Waals surface area contributed by atoms with Gasteiger partial charge in [-0.05, 0) is 23.8 Å². The summed E-state index contributed by atoms with van der Waals surface area (Å²) in [6.07, 6.45) is -1.27. The van der Waals surface area contributed by atoms with Gasteiger partial charge in [0.15, 0.2) is 11.5 Å². The normalized spacial score (nSPS) is 14.1. The first-order chi connectivity index (χ1) is 10.1. The van der Waals surface area contributed by atoms with Crippen LogP contribution in [0.5, 0.6) is 17.2 Å². The average molecular weight is 294 g/mol. The lowest BCUT2D eigenvalue weighted by atomic mass is 10.00. The standard InChI is InChI=1S/C15H12F2O4/c1-19-12-4-8(5-13-15(12)21-7-20-13)14(18)10-3-2-9(16)6-11(10)17/h2-6,14,18H,7H2,1H3. The predicted octanol–water partition coefficient (Wildman–Crippen LogP) is 2.78. The van der Waals surface area contributed by atoms with Crippen LogP contribution in [0, 0.1) is 11.6 Å². The van der Waals surface area contributed by atoms with Crippen molar-refractivity contribution < 1.29 is 28.1 Å². The SMILES string of the molecule is COc1cc(C(O)c2ccc(F)cc2F)cc2c1OCO2. The Morgan fingerprint density at radius 3 is 2.71 bits per heavy atom. The third-order valence-corrected chi connectivity index (χ3v) is 3.25. The molecule has 110 valence electrons. The summed E-state index contributed by atoms with van der Waals surface area (Å²) in [6.45, 7) is 0.0517. The van der Waals surface area contributed by atoms with Gasteiger partial charge in [0, 0.05) is 11.6 Å². The molecule has 2 aromatic carbocycles. The van der Waals surface area contributed by atoms with Crippen molar-refractivity contribution in [2.45, 2.75) is 6.10 Å². The molecule has 0 aliphatic carbocycles. The molecule has 1 heterocycles. The van der Waals surface area contributed by atoms with E-state index in [-0.39, 0.29) is 12.4 Å². The molecule has 1 N–H and O–H groups in total. The van der Waals surface area contributed by atoms with E-state index in [2.05, 4.69) is 0 Å². The molecule has 0 aromatic heterocycles. The van der Waals surface area contributed by atoms with Gasteiger partial charge in [-0.25, -0.2) is 8.78 Å². The molecular weight excluding hydrogens is 282 g/mol. The minimum absolute atomic E-state index is 0.0303. The van der Waals surface area contributed by atoms with Gasteiger partial charge in [0.25, 0.3) is 0 Å². The van der Waals surface area contributed by atoms with E-state index in [1.807, 2.05) is 0 Å². The van der Waals surface area contributed by atoms with Crippen LogP contribution < -0.4 is 14.2 Å². The van der Waals surface area contributed by atoms with E-state index in [1.165, 1.54) is 25.3 Å². The van der Waals surface area contributed by atoms with Gasteiger partial charge in [0.2, 0.25) is 12.5 Å². The Labute approximate surface area is 119 Å². The Kier molecular flexibility index (Phi) is 3.39. The predicted molar refractivity (Wildman–Crippen MR) is 69.5 cm³/mol. The van der Waals surface area contributed by atoms with E-state index >= 15 is 0 Å². The number of benzene rings is 2. The molecule has 1 aliphatic rings. The number of aliphatic hydroxyl groups is 1. The molecule has 0 saturated carbocycles. The maximum absolute atomic E-state index is 13.8. The first-order valence-corrected chi connectivity index (χ1v) is 6.20. The molecular formula is C15H12F2O4. The van der Waals surface area contributed by atoms with Crippen molar-refractivity contribution in [1.82, 2.24) is 0 Å². The quantitative estimate of drug-likeness (QED) is 0.945. The van der Waals surface area contributed by atoms with Crippen LogP contribution in [0.1, 0.15) is 17.2 Å². The van der Waals surface area contributed by atoms with Crippen LogP contribution >= 0.6 is 0 Å². The monoisotopic (exact) mass is 294 g/mol. The van der Waals surface area contributed by atoms with E-state index < -0.39 is 17.7 Å². The fourth-order valence-corrected chi connectivity index (χ4v) is 2.21. The van der Waals surface area contributed by atoms with Crippen molar-refractivity contribution in [3.8, 4) is 17.2 Å². The first-order valence-electron chi connectivity index (χ1n) is 6.20. The molecule has 21 heavy (non-hydrogen) atoms. The summed E-state index contributed by atoms with van der Waals surface area (Å²) >= 11 is 0. The summed E-state index contributed by atoms with van der Waals surface area (Å²) in [5.41, 5.74) is 0.332. The number of methoxy groups -OCH3 is 1. The molecule has 2 aromatic rings. The molecule has 6 heteroatoms. The van der Waals surface area contributed by atoms with Gasteiger partial charge in [-0.15, -0.1) is 0 Å². The van der Waals surface area contributed by atoms with Crippen LogP contribution in [-0.2, 0) is 0 Å². The highest BCUT2D eigenvalue weighted by atomic mass is 19.1. The number of hydrogen-bond donors (Lipinski definition) is 1. The van der Waals surface area contributed by atoms with Crippen LogP contribution in [0.25, 0.3) is 0 Å². The average Bonchev–Trinajstić information content (AvgIpc) is 2.94. The van der Waals surface area contributed by atoms with Crippen LogP contribution in [0.2, 0.25) is 0 Å². The van der Waals surface area contributed by atoms with Crippen molar-refractivity contribution in [2.24, 2.45) is 0 Å². The van der Waals surface area contributed by atoms with Crippen molar-refractivity contribution in [2.75, 3.05) is 13.9 Å². The molecule has 1 atom stereocenters. The molecule has 1 aliphatic heterocycles. The summed E-state index contributed by atoms with van der Waals surface area (Å²) in [7, 11) is 1.45. The molecule has 1 unspecified atom stereocenters. The zero-order valence-electron chi connectivity index (χ0n) is 11.1. The van der Waals surface area contributed by atoms with Crippen LogP contribution in [-0.4, -0.2) is 19.0 Å². The zero-order valence-corrected chi connectivity index (χ0v) is 11.1. The Morgan fingerprint density at radius 1 is 1.19 bits per heavy atom. The third kappa shape index (κ3) is 2.38. The Balaban J connectivity index is 2.03. The first kappa shape index (κ1) is 13.6. The van der Waals surface area contributed by atoms with Crippen molar-refractivity contribution in [3.63, 3.8) is 0 Å². The lowest BCUT2D eigenvalue weighted by Gasteiger charge is -2.14. The second-order valence-electron chi connectivity index (χ2n) is 4.53. The maximum Gasteiger partial charge on any atom is 0.231 e. The van der Waals surface area contributed by atoms with Crippen molar-refractivity contribution in [3.05, 3.63) is 53.1 Å². The summed E-state index contributed by atoms with van der Waals surface area (Å²) in [5, 5.41) is 10.3. The Hall–Kier alpha value is -2.34. The van der Waals surface area contributed by atoms with Gasteiger partial charge in [-0.1, -0.05) is 6.07 Å². The van der Waals surface area contributed by atoms with Gasteiger partial charge in [-0.2, -0.15) is 0 Å². The van der Waals surface area contributed by atoms with Gasteiger partial charge >= 0.3 is 0 Å². The van der Waals surface area contributed by atoms with E-state index in [9.17, 15) is 13.9 Å². The molecule has 0 saturated heterocycles. The van der Waals surface area contributed by atoms with Crippen LogP contribution in [0.3, 0.4) is 0 Å². The van der Waals surface area contributed by atoms with E-state index in [4.69, 9.17) is 14.2 Å². The van der Waals surface area contributed by atoms with E-state index in [1.54, 1.807) is 0 Å².